The summed E-state index contributed by atoms with van der Waals surface area (Å²) in [7, 11) is 0. The van der Waals surface area contributed by atoms with E-state index < -0.39 is 0 Å². The van der Waals surface area contributed by atoms with Crippen molar-refractivity contribution < 1.29 is 14.3 Å². The van der Waals surface area contributed by atoms with Crippen LogP contribution in [0, 0.1) is 0 Å². The van der Waals surface area contributed by atoms with Crippen molar-refractivity contribution in [3.8, 4) is 11.3 Å². The molecule has 3 aromatic heterocycles. The Morgan fingerprint density at radius 1 is 1.10 bits per heavy atom. The van der Waals surface area contributed by atoms with E-state index in [-0.39, 0.29) is 18.4 Å². The van der Waals surface area contributed by atoms with Crippen LogP contribution in [-0.4, -0.2) is 69.2 Å². The van der Waals surface area contributed by atoms with Gasteiger partial charge < -0.3 is 10.1 Å². The molecule has 3 N–H and O–H groups in total. The number of rotatable bonds is 7. The maximum Gasteiger partial charge on any atom is 0.269 e. The van der Waals surface area contributed by atoms with E-state index in [0.717, 1.165) is 62.4 Å². The van der Waals surface area contributed by atoms with Gasteiger partial charge in [-0.15, -0.1) is 11.3 Å². The summed E-state index contributed by atoms with van der Waals surface area (Å²) in [6, 6.07) is 13.1. The summed E-state index contributed by atoms with van der Waals surface area (Å²) in [5, 5.41) is 13.5. The van der Waals surface area contributed by atoms with Gasteiger partial charge >= 0.3 is 0 Å². The highest BCUT2D eigenvalue weighted by Gasteiger charge is 2.28. The summed E-state index contributed by atoms with van der Waals surface area (Å²) < 4.78 is 5.50. The molecule has 1 saturated heterocycles. The largest absolute Gasteiger partial charge is 0.379 e. The normalized spacial score (nSPS) is 17.4. The fraction of sp³-hybridized carbons (Fsp3) is 0.321. The molecule has 0 bridgehead atoms. The predicted molar refractivity (Wildman–Crippen MR) is 148 cm³/mol. The van der Waals surface area contributed by atoms with Gasteiger partial charge in [-0.3, -0.25) is 29.9 Å². The number of nitrogens with zero attached hydrogens (tertiary/aromatic N) is 4. The van der Waals surface area contributed by atoms with Gasteiger partial charge in [-0.2, -0.15) is 5.10 Å². The summed E-state index contributed by atoms with van der Waals surface area (Å²) in [5.41, 5.74) is 4.33. The van der Waals surface area contributed by atoms with E-state index in [1.54, 1.807) is 41.9 Å². The Kier molecular flexibility index (Phi) is 7.44. The van der Waals surface area contributed by atoms with Crippen LogP contribution in [0.5, 0.6) is 0 Å². The molecule has 2 amide bonds. The number of aromatic nitrogens is 4. The van der Waals surface area contributed by atoms with Gasteiger partial charge in [-0.05, 0) is 55.2 Å². The number of nitrogens with one attached hydrogen (secondary N) is 3. The molecular formula is C28H29N7O3S. The third kappa shape index (κ3) is 5.90. The molecule has 0 spiro atoms. The van der Waals surface area contributed by atoms with Gasteiger partial charge in [0.15, 0.2) is 5.13 Å². The quantitative estimate of drug-likeness (QED) is 0.327. The Balaban J connectivity index is 1.05. The maximum atomic E-state index is 13.0. The number of fused-ring (bicyclic) bond motifs is 1. The second-order valence-electron chi connectivity index (χ2n) is 9.67. The van der Waals surface area contributed by atoms with Gasteiger partial charge in [-0.25, -0.2) is 4.98 Å². The van der Waals surface area contributed by atoms with Crippen LogP contribution in [-0.2, 0) is 24.1 Å². The zero-order chi connectivity index (χ0) is 26.6. The van der Waals surface area contributed by atoms with Crippen molar-refractivity contribution >= 4 is 28.3 Å². The fourth-order valence-corrected chi connectivity index (χ4v) is 6.12. The van der Waals surface area contributed by atoms with Crippen molar-refractivity contribution in [3.63, 3.8) is 0 Å². The molecule has 1 aromatic carbocycles. The number of aryl methyl sites for hydroxylation is 1. The lowest BCUT2D eigenvalue weighted by atomic mass is 9.96. The van der Waals surface area contributed by atoms with E-state index in [1.807, 2.05) is 24.3 Å². The van der Waals surface area contributed by atoms with Crippen LogP contribution >= 0.6 is 11.3 Å². The number of aromatic amines is 1. The number of morpholine rings is 1. The molecule has 11 heteroatoms. The zero-order valence-corrected chi connectivity index (χ0v) is 22.2. The van der Waals surface area contributed by atoms with Crippen molar-refractivity contribution in [2.24, 2.45) is 0 Å². The standard InChI is InChI=1S/C28H29N7O3S/c36-26(32-28-31-22-5-4-21(15-25(22)39-28)35-10-12-38-13-11-35)20-3-1-2-18(14-20)17-30-27(37)24-16-23(33-34-24)19-6-8-29-9-7-19/h1-3,6-9,14,16,21H,4-5,10-13,15,17H2,(H,30,37)(H,33,34)(H,31,32,36). The van der Waals surface area contributed by atoms with E-state index in [2.05, 4.69) is 30.7 Å². The molecule has 2 aliphatic rings. The van der Waals surface area contributed by atoms with Gasteiger partial charge in [0, 0.05) is 54.1 Å². The molecule has 1 unspecified atom stereocenters. The highest BCUT2D eigenvalue weighted by molar-refractivity contribution is 7.15. The van der Waals surface area contributed by atoms with Gasteiger partial charge in [0.1, 0.15) is 5.69 Å². The Morgan fingerprint density at radius 3 is 2.79 bits per heavy atom. The molecule has 10 nitrogen and oxygen atoms in total. The van der Waals surface area contributed by atoms with Crippen molar-refractivity contribution in [1.82, 2.24) is 30.4 Å². The van der Waals surface area contributed by atoms with E-state index in [1.165, 1.54) is 4.88 Å². The van der Waals surface area contributed by atoms with Crippen LogP contribution < -0.4 is 10.6 Å². The third-order valence-corrected chi connectivity index (χ3v) is 8.17. The third-order valence-electron chi connectivity index (χ3n) is 7.14. The van der Waals surface area contributed by atoms with Crippen LogP contribution in [0.25, 0.3) is 11.3 Å². The van der Waals surface area contributed by atoms with Crippen molar-refractivity contribution in [3.05, 3.63) is 82.3 Å². The lowest BCUT2D eigenvalue weighted by Crippen LogP contribution is -2.45. The van der Waals surface area contributed by atoms with Crippen molar-refractivity contribution in [2.45, 2.75) is 31.8 Å². The Bertz CT molecular complexity index is 1460. The number of pyridine rings is 1. The summed E-state index contributed by atoms with van der Waals surface area (Å²) in [6.07, 6.45) is 6.34. The number of carbonyl (C=O) groups excluding carboxylic acids is 2. The summed E-state index contributed by atoms with van der Waals surface area (Å²) in [4.78, 5) is 38.2. The second kappa shape index (κ2) is 11.4. The lowest BCUT2D eigenvalue weighted by Gasteiger charge is -2.36. The number of H-pyrrole nitrogens is 1. The first-order valence-electron chi connectivity index (χ1n) is 13.1. The van der Waals surface area contributed by atoms with Crippen LogP contribution in [0.3, 0.4) is 0 Å². The molecule has 39 heavy (non-hydrogen) atoms. The van der Waals surface area contributed by atoms with Crippen molar-refractivity contribution in [2.75, 3.05) is 31.6 Å². The van der Waals surface area contributed by atoms with Crippen LogP contribution in [0.15, 0.2) is 54.9 Å². The van der Waals surface area contributed by atoms with Gasteiger partial charge in [-0.1, -0.05) is 12.1 Å². The minimum atomic E-state index is -0.276. The molecule has 6 rings (SSSR count). The first kappa shape index (κ1) is 25.4. The smallest absolute Gasteiger partial charge is 0.269 e. The van der Waals surface area contributed by atoms with E-state index in [4.69, 9.17) is 9.72 Å². The number of ether oxygens (including phenoxy) is 1. The van der Waals surface area contributed by atoms with Crippen LogP contribution in [0.4, 0.5) is 5.13 Å². The fourth-order valence-electron chi connectivity index (χ4n) is 5.04. The minimum absolute atomic E-state index is 0.213. The number of thiazole rings is 1. The lowest BCUT2D eigenvalue weighted by molar-refractivity contribution is 0.0139. The Morgan fingerprint density at radius 2 is 1.95 bits per heavy atom. The van der Waals surface area contributed by atoms with Gasteiger partial charge in [0.05, 0.1) is 24.6 Å². The monoisotopic (exact) mass is 543 g/mol. The molecule has 0 saturated carbocycles. The van der Waals surface area contributed by atoms with Crippen molar-refractivity contribution in [1.29, 1.82) is 0 Å². The first-order valence-corrected chi connectivity index (χ1v) is 13.9. The van der Waals surface area contributed by atoms with Gasteiger partial charge in [0.25, 0.3) is 11.8 Å². The average Bonchev–Trinajstić information content (AvgIpc) is 3.64. The molecule has 200 valence electrons. The molecule has 1 aliphatic carbocycles. The molecule has 1 fully saturated rings. The Labute approximate surface area is 229 Å². The first-order chi connectivity index (χ1) is 19.1. The molecule has 4 heterocycles. The topological polar surface area (TPSA) is 125 Å². The molecule has 4 aromatic rings. The average molecular weight is 544 g/mol. The number of anilines is 1. The number of hydrogen-bond acceptors (Lipinski definition) is 8. The minimum Gasteiger partial charge on any atom is -0.379 e. The number of benzene rings is 1. The summed E-state index contributed by atoms with van der Waals surface area (Å²) >= 11 is 1.57. The SMILES string of the molecule is O=C(Nc1nc2c(s1)CC(N1CCOCC1)CC2)c1cccc(CNC(=O)c2cc(-c3ccncc3)n[nH]2)c1. The zero-order valence-electron chi connectivity index (χ0n) is 21.4. The van der Waals surface area contributed by atoms with E-state index in [9.17, 15) is 9.59 Å². The van der Waals surface area contributed by atoms with Crippen LogP contribution in [0.2, 0.25) is 0 Å². The second-order valence-corrected chi connectivity index (χ2v) is 10.8. The summed E-state index contributed by atoms with van der Waals surface area (Å²) in [6.45, 7) is 3.83. The van der Waals surface area contributed by atoms with Gasteiger partial charge in [0.2, 0.25) is 0 Å². The highest BCUT2D eigenvalue weighted by Crippen LogP contribution is 2.32. The molecule has 1 atom stereocenters. The van der Waals surface area contributed by atoms with Crippen LogP contribution in [0.1, 0.15) is 43.4 Å². The summed E-state index contributed by atoms with van der Waals surface area (Å²) in [5.74, 6) is -0.490. The molecule has 1 aliphatic heterocycles. The highest BCUT2D eigenvalue weighted by atomic mass is 32.1. The maximum absolute atomic E-state index is 13.0. The Hall–Kier alpha value is -3.93. The molecule has 0 radical (unpaired) electrons. The van der Waals surface area contributed by atoms with E-state index >= 15 is 0 Å². The molecular weight excluding hydrogens is 514 g/mol. The number of carbonyl (C=O) groups is 2. The van der Waals surface area contributed by atoms with E-state index in [0.29, 0.717) is 28.1 Å². The number of amides is 2. The predicted octanol–water partition coefficient (Wildman–Crippen LogP) is 3.30. The number of hydrogen-bond donors (Lipinski definition) is 3.